The summed E-state index contributed by atoms with van der Waals surface area (Å²) in [5.41, 5.74) is 0. The molecule has 0 aliphatic carbocycles. The van der Waals surface area contributed by atoms with E-state index in [1.807, 2.05) is 0 Å². The molecular formula is C4H3NO3. The number of hydrogen-bond acceptors (Lipinski definition) is 3. The average molecular weight is 113 g/mol. The summed E-state index contributed by atoms with van der Waals surface area (Å²) < 4.78 is 0. The summed E-state index contributed by atoms with van der Waals surface area (Å²) in [5.74, 6) is -2.43. The van der Waals surface area contributed by atoms with Gasteiger partial charge in [-0.2, -0.15) is 5.26 Å². The van der Waals surface area contributed by atoms with Crippen LogP contribution in [0.3, 0.4) is 0 Å². The maximum absolute atomic E-state index is 9.62. The topological polar surface area (TPSA) is 81.3 Å². The van der Waals surface area contributed by atoms with Crippen molar-refractivity contribution in [3.8, 4) is 6.07 Å². The largest absolute Gasteiger partial charge is 0.501 e. The number of rotatable bonds is 1. The quantitative estimate of drug-likeness (QED) is 0.285. The van der Waals surface area contributed by atoms with E-state index in [1.54, 1.807) is 0 Å². The van der Waals surface area contributed by atoms with Gasteiger partial charge in [-0.1, -0.05) is 0 Å². The SMILES string of the molecule is N#C/C=C(\O)C(=O)O. The van der Waals surface area contributed by atoms with Crippen molar-refractivity contribution in [2.45, 2.75) is 0 Å². The van der Waals surface area contributed by atoms with E-state index in [2.05, 4.69) is 0 Å². The molecular weight excluding hydrogens is 110 g/mol. The van der Waals surface area contributed by atoms with Gasteiger partial charge in [-0.3, -0.25) is 0 Å². The van der Waals surface area contributed by atoms with Crippen LogP contribution in [0.4, 0.5) is 0 Å². The van der Waals surface area contributed by atoms with Gasteiger partial charge in [0.1, 0.15) is 0 Å². The Balaban J connectivity index is 4.06. The van der Waals surface area contributed by atoms with E-state index in [9.17, 15) is 4.79 Å². The first-order valence-corrected chi connectivity index (χ1v) is 1.70. The third-order valence-electron chi connectivity index (χ3n) is 0.420. The fourth-order valence-electron chi connectivity index (χ4n) is 0.123. The van der Waals surface area contributed by atoms with E-state index in [1.165, 1.54) is 6.07 Å². The summed E-state index contributed by atoms with van der Waals surface area (Å²) in [7, 11) is 0. The van der Waals surface area contributed by atoms with Crippen LogP contribution in [-0.2, 0) is 4.79 Å². The van der Waals surface area contributed by atoms with E-state index < -0.39 is 11.7 Å². The first-order chi connectivity index (χ1) is 3.68. The molecule has 0 spiro atoms. The van der Waals surface area contributed by atoms with Gasteiger partial charge in [-0.25, -0.2) is 4.79 Å². The van der Waals surface area contributed by atoms with Gasteiger partial charge < -0.3 is 10.2 Å². The standard InChI is InChI=1S/C4H3NO3/c5-2-1-3(6)4(7)8/h1,6H,(H,7,8)/b3-1-. The molecule has 0 fully saturated rings. The number of carbonyl (C=O) groups is 1. The molecule has 0 bridgehead atoms. The van der Waals surface area contributed by atoms with Gasteiger partial charge in [0, 0.05) is 0 Å². The third kappa shape index (κ3) is 1.82. The van der Waals surface area contributed by atoms with E-state index in [-0.39, 0.29) is 0 Å². The van der Waals surface area contributed by atoms with Crippen molar-refractivity contribution in [1.29, 1.82) is 5.26 Å². The molecule has 0 rings (SSSR count). The zero-order chi connectivity index (χ0) is 6.57. The highest BCUT2D eigenvalue weighted by Gasteiger charge is 1.99. The monoisotopic (exact) mass is 113 g/mol. The lowest BCUT2D eigenvalue weighted by atomic mass is 10.5. The van der Waals surface area contributed by atoms with Gasteiger partial charge in [0.25, 0.3) is 0 Å². The molecule has 0 heterocycles. The van der Waals surface area contributed by atoms with Gasteiger partial charge in [0.2, 0.25) is 5.76 Å². The van der Waals surface area contributed by atoms with Crippen molar-refractivity contribution in [2.24, 2.45) is 0 Å². The molecule has 0 atom stereocenters. The van der Waals surface area contributed by atoms with Crippen LogP contribution in [0.2, 0.25) is 0 Å². The molecule has 0 radical (unpaired) electrons. The summed E-state index contributed by atoms with van der Waals surface area (Å²) in [6.45, 7) is 0. The minimum atomic E-state index is -1.49. The Morgan fingerprint density at radius 2 is 2.12 bits per heavy atom. The molecule has 8 heavy (non-hydrogen) atoms. The molecule has 4 heteroatoms. The first kappa shape index (κ1) is 6.50. The number of nitrogens with zero attached hydrogens (tertiary/aromatic N) is 1. The minimum absolute atomic E-state index is 0.544. The number of aliphatic hydroxyl groups is 1. The molecule has 42 valence electrons. The van der Waals surface area contributed by atoms with E-state index >= 15 is 0 Å². The molecule has 0 aromatic heterocycles. The molecule has 0 amide bonds. The molecule has 0 unspecified atom stereocenters. The van der Waals surface area contributed by atoms with Crippen molar-refractivity contribution in [3.05, 3.63) is 11.8 Å². The van der Waals surface area contributed by atoms with Crippen molar-refractivity contribution in [1.82, 2.24) is 0 Å². The molecule has 0 aromatic rings. The average Bonchev–Trinajstić information content (AvgIpc) is 1.67. The number of carboxylic acids is 1. The molecule has 4 nitrogen and oxygen atoms in total. The Morgan fingerprint density at radius 1 is 1.62 bits per heavy atom. The summed E-state index contributed by atoms with van der Waals surface area (Å²) in [4.78, 5) is 9.62. The Kier molecular flexibility index (Phi) is 2.14. The van der Waals surface area contributed by atoms with Gasteiger partial charge in [-0.05, 0) is 0 Å². The second-order valence-electron chi connectivity index (χ2n) is 0.964. The highest BCUT2D eigenvalue weighted by molar-refractivity contribution is 5.84. The number of carboxylic acid groups (broad SMARTS) is 1. The predicted octanol–water partition coefficient (Wildman–Crippen LogP) is 0.0365. The van der Waals surface area contributed by atoms with Crippen LogP contribution in [0.1, 0.15) is 0 Å². The smallest absolute Gasteiger partial charge is 0.371 e. The van der Waals surface area contributed by atoms with E-state index in [0.717, 1.165) is 0 Å². The van der Waals surface area contributed by atoms with Gasteiger partial charge in [-0.15, -0.1) is 0 Å². The number of nitriles is 1. The fraction of sp³-hybridized carbons (Fsp3) is 0. The van der Waals surface area contributed by atoms with Crippen LogP contribution >= 0.6 is 0 Å². The van der Waals surface area contributed by atoms with Crippen LogP contribution in [-0.4, -0.2) is 16.2 Å². The lowest BCUT2D eigenvalue weighted by molar-refractivity contribution is -0.135. The number of allylic oxidation sites excluding steroid dienone is 1. The van der Waals surface area contributed by atoms with Crippen LogP contribution in [0.15, 0.2) is 11.8 Å². The second kappa shape index (κ2) is 2.64. The van der Waals surface area contributed by atoms with Crippen molar-refractivity contribution < 1.29 is 15.0 Å². The first-order valence-electron chi connectivity index (χ1n) is 1.70. The number of aliphatic hydroxyl groups excluding tert-OH is 1. The van der Waals surface area contributed by atoms with Crippen LogP contribution in [0.25, 0.3) is 0 Å². The zero-order valence-corrected chi connectivity index (χ0v) is 3.83. The second-order valence-corrected chi connectivity index (χ2v) is 0.964. The van der Waals surface area contributed by atoms with Gasteiger partial charge in [0.15, 0.2) is 0 Å². The molecule has 0 aromatic carbocycles. The molecule has 0 saturated heterocycles. The Morgan fingerprint density at radius 3 is 2.25 bits per heavy atom. The van der Waals surface area contributed by atoms with Crippen molar-refractivity contribution in [3.63, 3.8) is 0 Å². The summed E-state index contributed by atoms with van der Waals surface area (Å²) in [6.07, 6.45) is 0.544. The highest BCUT2D eigenvalue weighted by atomic mass is 16.4. The molecule has 0 aliphatic heterocycles. The minimum Gasteiger partial charge on any atom is -0.501 e. The van der Waals surface area contributed by atoms with Crippen LogP contribution in [0, 0.1) is 11.3 Å². The Labute approximate surface area is 45.3 Å². The predicted molar refractivity (Wildman–Crippen MR) is 24.0 cm³/mol. The zero-order valence-electron chi connectivity index (χ0n) is 3.83. The van der Waals surface area contributed by atoms with Gasteiger partial charge in [0.05, 0.1) is 12.1 Å². The number of hydrogen-bond donors (Lipinski definition) is 2. The highest BCUT2D eigenvalue weighted by Crippen LogP contribution is 1.83. The van der Waals surface area contributed by atoms with E-state index in [0.29, 0.717) is 6.08 Å². The third-order valence-corrected chi connectivity index (χ3v) is 0.420. The summed E-state index contributed by atoms with van der Waals surface area (Å²) in [5, 5.41) is 23.7. The molecule has 0 aliphatic rings. The number of aliphatic carboxylic acids is 1. The fourth-order valence-corrected chi connectivity index (χ4v) is 0.123. The van der Waals surface area contributed by atoms with E-state index in [4.69, 9.17) is 15.5 Å². The molecule has 2 N–H and O–H groups in total. The Bertz CT molecular complexity index is 165. The summed E-state index contributed by atoms with van der Waals surface area (Å²) in [6, 6.07) is 1.36. The molecule has 0 saturated carbocycles. The maximum atomic E-state index is 9.62. The summed E-state index contributed by atoms with van der Waals surface area (Å²) >= 11 is 0. The maximum Gasteiger partial charge on any atom is 0.371 e. The van der Waals surface area contributed by atoms with Crippen molar-refractivity contribution in [2.75, 3.05) is 0 Å². The lowest BCUT2D eigenvalue weighted by Crippen LogP contribution is -1.97. The normalized spacial score (nSPS) is 10.1. The van der Waals surface area contributed by atoms with Gasteiger partial charge >= 0.3 is 5.97 Å². The Hall–Kier alpha value is -1.50. The van der Waals surface area contributed by atoms with Crippen LogP contribution < -0.4 is 0 Å². The van der Waals surface area contributed by atoms with Crippen LogP contribution in [0.5, 0.6) is 0 Å². The van der Waals surface area contributed by atoms with Crippen molar-refractivity contribution >= 4 is 5.97 Å². The lowest BCUT2D eigenvalue weighted by Gasteiger charge is -1.82.